The Morgan fingerprint density at radius 3 is 3.00 bits per heavy atom. The summed E-state index contributed by atoms with van der Waals surface area (Å²) in [6.45, 7) is 0.663. The van der Waals surface area contributed by atoms with Crippen molar-refractivity contribution in [2.24, 2.45) is 4.99 Å². The van der Waals surface area contributed by atoms with Crippen LogP contribution in [0.15, 0.2) is 35.6 Å². The van der Waals surface area contributed by atoms with Crippen LogP contribution in [0, 0.1) is 0 Å². The molecule has 0 fully saturated rings. The highest BCUT2D eigenvalue weighted by atomic mass is 15.0. The van der Waals surface area contributed by atoms with Crippen LogP contribution < -0.4 is 5.32 Å². The van der Waals surface area contributed by atoms with Gasteiger partial charge in [0, 0.05) is 24.2 Å². The van der Waals surface area contributed by atoms with Gasteiger partial charge in [-0.3, -0.25) is 9.98 Å². The van der Waals surface area contributed by atoms with Gasteiger partial charge in [-0.05, 0) is 12.1 Å². The zero-order valence-electron chi connectivity index (χ0n) is 6.57. The molecule has 0 radical (unpaired) electrons. The third kappa shape index (κ3) is 1.34. The topological polar surface area (TPSA) is 37.3 Å². The number of hydrogen-bond acceptors (Lipinski definition) is 3. The lowest BCUT2D eigenvalue weighted by atomic mass is 10.2. The van der Waals surface area contributed by atoms with E-state index < -0.39 is 0 Å². The van der Waals surface area contributed by atoms with Gasteiger partial charge in [0.05, 0.1) is 5.69 Å². The van der Waals surface area contributed by atoms with E-state index in [0.29, 0.717) is 6.67 Å². The molecule has 0 saturated carbocycles. The van der Waals surface area contributed by atoms with Gasteiger partial charge >= 0.3 is 0 Å². The SMILES string of the molecule is C1=NCNC=C1c1ccccn1. The lowest BCUT2D eigenvalue weighted by molar-refractivity contribution is 0.881. The van der Waals surface area contributed by atoms with E-state index in [9.17, 15) is 0 Å². The highest BCUT2D eigenvalue weighted by Gasteiger charge is 2.00. The molecule has 0 saturated heterocycles. The highest BCUT2D eigenvalue weighted by Crippen LogP contribution is 2.08. The van der Waals surface area contributed by atoms with Gasteiger partial charge in [0.15, 0.2) is 0 Å². The Morgan fingerprint density at radius 2 is 2.33 bits per heavy atom. The standard InChI is InChI=1S/C9H9N3/c1-2-4-12-9(3-1)8-5-10-7-11-6-8/h1-6,10H,7H2. The highest BCUT2D eigenvalue weighted by molar-refractivity contribution is 6.09. The molecule has 0 aliphatic carbocycles. The fourth-order valence-electron chi connectivity index (χ4n) is 1.06. The van der Waals surface area contributed by atoms with Gasteiger partial charge in [0.1, 0.15) is 6.67 Å². The third-order valence-electron chi connectivity index (χ3n) is 1.63. The minimum absolute atomic E-state index is 0.663. The number of hydrogen-bond donors (Lipinski definition) is 1. The van der Waals surface area contributed by atoms with E-state index in [2.05, 4.69) is 15.3 Å². The minimum Gasteiger partial charge on any atom is -0.372 e. The van der Waals surface area contributed by atoms with E-state index in [1.165, 1.54) is 0 Å². The molecule has 0 atom stereocenters. The second-order valence-electron chi connectivity index (χ2n) is 2.49. The van der Waals surface area contributed by atoms with Crippen LogP contribution in [0.3, 0.4) is 0 Å². The maximum atomic E-state index is 4.20. The molecule has 3 nitrogen and oxygen atoms in total. The summed E-state index contributed by atoms with van der Waals surface area (Å²) >= 11 is 0. The molecule has 2 rings (SSSR count). The van der Waals surface area contributed by atoms with Crippen molar-refractivity contribution in [3.63, 3.8) is 0 Å². The van der Waals surface area contributed by atoms with Gasteiger partial charge in [0.2, 0.25) is 0 Å². The first-order valence-electron chi connectivity index (χ1n) is 3.81. The van der Waals surface area contributed by atoms with Crippen molar-refractivity contribution in [2.75, 3.05) is 6.67 Å². The average molecular weight is 159 g/mol. The predicted molar refractivity (Wildman–Crippen MR) is 48.7 cm³/mol. The number of aliphatic imine (C=N–C) groups is 1. The molecule has 0 amide bonds. The van der Waals surface area contributed by atoms with Gasteiger partial charge in [-0.25, -0.2) is 0 Å². The van der Waals surface area contributed by atoms with E-state index in [-0.39, 0.29) is 0 Å². The normalized spacial score (nSPS) is 15.2. The van der Waals surface area contributed by atoms with Crippen molar-refractivity contribution in [1.29, 1.82) is 0 Å². The summed E-state index contributed by atoms with van der Waals surface area (Å²) in [5.41, 5.74) is 1.98. The van der Waals surface area contributed by atoms with Gasteiger partial charge in [-0.2, -0.15) is 0 Å². The molecule has 1 N–H and O–H groups in total. The van der Waals surface area contributed by atoms with Crippen molar-refractivity contribution in [2.45, 2.75) is 0 Å². The number of rotatable bonds is 1. The summed E-state index contributed by atoms with van der Waals surface area (Å²) in [5.74, 6) is 0. The minimum atomic E-state index is 0.663. The molecule has 0 bridgehead atoms. The molecule has 0 spiro atoms. The molecule has 1 aromatic heterocycles. The molecule has 12 heavy (non-hydrogen) atoms. The van der Waals surface area contributed by atoms with E-state index in [1.807, 2.05) is 30.6 Å². The Morgan fingerprint density at radius 1 is 1.33 bits per heavy atom. The first-order valence-corrected chi connectivity index (χ1v) is 3.81. The van der Waals surface area contributed by atoms with Crippen molar-refractivity contribution >= 4 is 11.8 Å². The predicted octanol–water partition coefficient (Wildman–Crippen LogP) is 1.05. The third-order valence-corrected chi connectivity index (χ3v) is 1.63. The second-order valence-corrected chi connectivity index (χ2v) is 2.49. The molecule has 60 valence electrons. The van der Waals surface area contributed by atoms with Crippen LogP contribution in [0.25, 0.3) is 5.57 Å². The van der Waals surface area contributed by atoms with Crippen LogP contribution in [0.4, 0.5) is 0 Å². The Bertz CT molecular complexity index is 314. The fraction of sp³-hybridized carbons (Fsp3) is 0.111. The molecule has 3 heteroatoms. The molecule has 1 aliphatic heterocycles. The number of pyridine rings is 1. The van der Waals surface area contributed by atoms with E-state index in [0.717, 1.165) is 11.3 Å². The Labute approximate surface area is 70.9 Å². The molecule has 1 aromatic rings. The zero-order valence-corrected chi connectivity index (χ0v) is 6.57. The van der Waals surface area contributed by atoms with Crippen molar-refractivity contribution in [1.82, 2.24) is 10.3 Å². The quantitative estimate of drug-likeness (QED) is 0.665. The maximum absolute atomic E-state index is 4.20. The summed E-state index contributed by atoms with van der Waals surface area (Å²) in [4.78, 5) is 8.29. The van der Waals surface area contributed by atoms with Crippen LogP contribution in [-0.2, 0) is 0 Å². The lowest BCUT2D eigenvalue weighted by Crippen LogP contribution is -2.11. The molecular formula is C9H9N3. The van der Waals surface area contributed by atoms with E-state index >= 15 is 0 Å². The molecule has 0 unspecified atom stereocenters. The van der Waals surface area contributed by atoms with Gasteiger partial charge in [0.25, 0.3) is 0 Å². The molecule has 2 heterocycles. The summed E-state index contributed by atoms with van der Waals surface area (Å²) in [5, 5.41) is 3.03. The monoisotopic (exact) mass is 159 g/mol. The van der Waals surface area contributed by atoms with Crippen molar-refractivity contribution in [3.8, 4) is 0 Å². The first kappa shape index (κ1) is 7.03. The Balaban J connectivity index is 2.31. The Kier molecular flexibility index (Phi) is 1.86. The van der Waals surface area contributed by atoms with E-state index in [1.54, 1.807) is 6.20 Å². The first-order chi connectivity index (χ1) is 5.97. The van der Waals surface area contributed by atoms with Gasteiger partial charge in [-0.15, -0.1) is 0 Å². The van der Waals surface area contributed by atoms with Crippen LogP contribution in [0.1, 0.15) is 5.69 Å². The zero-order chi connectivity index (χ0) is 8.23. The summed E-state index contributed by atoms with van der Waals surface area (Å²) < 4.78 is 0. The smallest absolute Gasteiger partial charge is 0.107 e. The van der Waals surface area contributed by atoms with Crippen LogP contribution in [0.5, 0.6) is 0 Å². The molecule has 1 aliphatic rings. The van der Waals surface area contributed by atoms with Crippen LogP contribution in [0.2, 0.25) is 0 Å². The Hall–Kier alpha value is -1.64. The van der Waals surface area contributed by atoms with E-state index in [4.69, 9.17) is 0 Å². The second kappa shape index (κ2) is 3.17. The van der Waals surface area contributed by atoms with Gasteiger partial charge in [-0.1, -0.05) is 6.07 Å². The van der Waals surface area contributed by atoms with Crippen molar-refractivity contribution in [3.05, 3.63) is 36.3 Å². The number of nitrogens with zero attached hydrogens (tertiary/aromatic N) is 2. The van der Waals surface area contributed by atoms with Crippen LogP contribution >= 0.6 is 0 Å². The summed E-state index contributed by atoms with van der Waals surface area (Å²) in [7, 11) is 0. The van der Waals surface area contributed by atoms with Crippen LogP contribution in [-0.4, -0.2) is 17.9 Å². The molecular weight excluding hydrogens is 150 g/mol. The summed E-state index contributed by atoms with van der Waals surface area (Å²) in [6.07, 6.45) is 5.53. The lowest BCUT2D eigenvalue weighted by Gasteiger charge is -2.06. The summed E-state index contributed by atoms with van der Waals surface area (Å²) in [6, 6.07) is 5.83. The molecule has 0 aromatic carbocycles. The maximum Gasteiger partial charge on any atom is 0.107 e. The average Bonchev–Trinajstić information content (AvgIpc) is 2.21. The number of aromatic nitrogens is 1. The largest absolute Gasteiger partial charge is 0.372 e. The number of nitrogens with one attached hydrogen (secondary N) is 1. The number of allylic oxidation sites excluding steroid dienone is 1. The van der Waals surface area contributed by atoms with Crippen molar-refractivity contribution < 1.29 is 0 Å². The fourth-order valence-corrected chi connectivity index (χ4v) is 1.06. The van der Waals surface area contributed by atoms with Gasteiger partial charge < -0.3 is 5.32 Å².